The van der Waals surface area contributed by atoms with Crippen molar-refractivity contribution in [3.05, 3.63) is 75.2 Å². The number of fused-ring (bicyclic) bond motifs is 1. The molecule has 0 aliphatic rings. The lowest BCUT2D eigenvalue weighted by atomic mass is 10.1. The second kappa shape index (κ2) is 11.3. The Morgan fingerprint density at radius 1 is 0.933 bits per heavy atom. The number of rotatable bonds is 10. The smallest absolute Gasteiger partial charge is 0.347 e. The SMILES string of the molecule is CC(=O)c1cc2ccc(OC/C=C(\C)CC/C=C(\C)CCC=C(C)C)cc2oc1=O. The van der Waals surface area contributed by atoms with E-state index < -0.39 is 5.63 Å². The zero-order valence-electron chi connectivity index (χ0n) is 18.7. The van der Waals surface area contributed by atoms with Crippen LogP contribution in [-0.2, 0) is 0 Å². The third kappa shape index (κ3) is 7.51. The molecule has 0 spiro atoms. The molecular weight excluding hydrogens is 376 g/mol. The maximum atomic E-state index is 11.9. The lowest BCUT2D eigenvalue weighted by Crippen LogP contribution is -2.10. The summed E-state index contributed by atoms with van der Waals surface area (Å²) in [5, 5.41) is 0.700. The van der Waals surface area contributed by atoms with Crippen molar-refractivity contribution in [1.82, 2.24) is 0 Å². The maximum Gasteiger partial charge on any atom is 0.347 e. The van der Waals surface area contributed by atoms with Gasteiger partial charge in [0, 0.05) is 11.5 Å². The molecule has 0 saturated heterocycles. The molecular formula is C26H32O4. The van der Waals surface area contributed by atoms with E-state index in [1.54, 1.807) is 18.2 Å². The fourth-order valence-corrected chi connectivity index (χ4v) is 3.05. The van der Waals surface area contributed by atoms with Crippen molar-refractivity contribution in [1.29, 1.82) is 0 Å². The van der Waals surface area contributed by atoms with E-state index in [2.05, 4.69) is 45.9 Å². The van der Waals surface area contributed by atoms with Crippen LogP contribution >= 0.6 is 0 Å². The van der Waals surface area contributed by atoms with E-state index in [0.717, 1.165) is 25.7 Å². The molecule has 2 aromatic rings. The summed E-state index contributed by atoms with van der Waals surface area (Å²) in [6, 6.07) is 6.85. The monoisotopic (exact) mass is 408 g/mol. The number of hydrogen-bond donors (Lipinski definition) is 0. The molecule has 0 unspecified atom stereocenters. The number of ketones is 1. The first-order valence-electron chi connectivity index (χ1n) is 10.4. The minimum absolute atomic E-state index is 0.0657. The summed E-state index contributed by atoms with van der Waals surface area (Å²) < 4.78 is 11.0. The number of carbonyl (C=O) groups is 1. The highest BCUT2D eigenvalue weighted by atomic mass is 16.5. The van der Waals surface area contributed by atoms with Crippen molar-refractivity contribution in [2.45, 2.75) is 60.3 Å². The summed E-state index contributed by atoms with van der Waals surface area (Å²) in [6.45, 7) is 10.4. The number of ether oxygens (including phenoxy) is 1. The molecule has 4 nitrogen and oxygen atoms in total. The van der Waals surface area contributed by atoms with Crippen LogP contribution in [0.5, 0.6) is 5.75 Å². The Morgan fingerprint density at radius 3 is 2.27 bits per heavy atom. The van der Waals surface area contributed by atoms with Crippen LogP contribution in [-0.4, -0.2) is 12.4 Å². The molecule has 0 aliphatic carbocycles. The Bertz CT molecular complexity index is 1030. The zero-order chi connectivity index (χ0) is 22.1. The third-order valence-electron chi connectivity index (χ3n) is 4.89. The molecule has 1 aromatic carbocycles. The molecule has 0 amide bonds. The van der Waals surface area contributed by atoms with Crippen molar-refractivity contribution in [2.24, 2.45) is 0 Å². The van der Waals surface area contributed by atoms with E-state index >= 15 is 0 Å². The van der Waals surface area contributed by atoms with E-state index in [-0.39, 0.29) is 11.3 Å². The lowest BCUT2D eigenvalue weighted by Gasteiger charge is -2.06. The maximum absolute atomic E-state index is 11.9. The molecule has 0 fully saturated rings. The van der Waals surface area contributed by atoms with E-state index in [4.69, 9.17) is 9.15 Å². The van der Waals surface area contributed by atoms with Crippen LogP contribution in [0.4, 0.5) is 0 Å². The van der Waals surface area contributed by atoms with Gasteiger partial charge in [-0.05, 0) is 84.6 Å². The van der Waals surface area contributed by atoms with Gasteiger partial charge >= 0.3 is 5.63 Å². The molecule has 0 N–H and O–H groups in total. The lowest BCUT2D eigenvalue weighted by molar-refractivity contribution is 0.101. The predicted molar refractivity (Wildman–Crippen MR) is 123 cm³/mol. The molecule has 2 rings (SSSR count). The average Bonchev–Trinajstić information content (AvgIpc) is 2.66. The Balaban J connectivity index is 1.87. The number of hydrogen-bond acceptors (Lipinski definition) is 4. The van der Waals surface area contributed by atoms with Gasteiger partial charge in [-0.1, -0.05) is 28.9 Å². The first-order chi connectivity index (χ1) is 14.3. The molecule has 0 saturated carbocycles. The highest BCUT2D eigenvalue weighted by Gasteiger charge is 2.10. The first-order valence-corrected chi connectivity index (χ1v) is 10.4. The Kier molecular flexibility index (Phi) is 8.85. The van der Waals surface area contributed by atoms with Gasteiger partial charge in [-0.15, -0.1) is 0 Å². The summed E-state index contributed by atoms with van der Waals surface area (Å²) in [6.07, 6.45) is 10.9. The number of benzene rings is 1. The topological polar surface area (TPSA) is 56.5 Å². The van der Waals surface area contributed by atoms with E-state index in [1.807, 2.05) is 6.07 Å². The normalized spacial score (nSPS) is 12.2. The summed E-state index contributed by atoms with van der Waals surface area (Å²) in [5.41, 5.74) is 3.94. The van der Waals surface area contributed by atoms with Crippen LogP contribution in [0, 0.1) is 0 Å². The van der Waals surface area contributed by atoms with Crippen LogP contribution in [0.3, 0.4) is 0 Å². The van der Waals surface area contributed by atoms with Gasteiger partial charge in [-0.3, -0.25) is 4.79 Å². The van der Waals surface area contributed by atoms with Crippen molar-refractivity contribution in [3.8, 4) is 5.75 Å². The number of allylic oxidation sites excluding steroid dienone is 5. The van der Waals surface area contributed by atoms with Gasteiger partial charge in [0.15, 0.2) is 5.78 Å². The van der Waals surface area contributed by atoms with Crippen molar-refractivity contribution >= 4 is 16.8 Å². The zero-order valence-corrected chi connectivity index (χ0v) is 18.7. The van der Waals surface area contributed by atoms with Gasteiger partial charge in [0.1, 0.15) is 23.5 Å². The summed E-state index contributed by atoms with van der Waals surface area (Å²) >= 11 is 0. The molecule has 0 radical (unpaired) electrons. The van der Waals surface area contributed by atoms with Gasteiger partial charge in [0.05, 0.1) is 0 Å². The molecule has 1 aromatic heterocycles. The molecule has 0 bridgehead atoms. The van der Waals surface area contributed by atoms with Gasteiger partial charge in [0.2, 0.25) is 0 Å². The van der Waals surface area contributed by atoms with Crippen LogP contribution in [0.1, 0.15) is 70.7 Å². The van der Waals surface area contributed by atoms with Crippen molar-refractivity contribution < 1.29 is 13.9 Å². The molecule has 30 heavy (non-hydrogen) atoms. The minimum Gasteiger partial charge on any atom is -0.489 e. The highest BCUT2D eigenvalue weighted by molar-refractivity contribution is 5.96. The van der Waals surface area contributed by atoms with Gasteiger partial charge in [-0.25, -0.2) is 4.79 Å². The summed E-state index contributed by atoms with van der Waals surface area (Å²) in [5.74, 6) is 0.324. The van der Waals surface area contributed by atoms with Crippen molar-refractivity contribution in [3.63, 3.8) is 0 Å². The largest absolute Gasteiger partial charge is 0.489 e. The predicted octanol–water partition coefficient (Wildman–Crippen LogP) is 6.79. The van der Waals surface area contributed by atoms with E-state index in [0.29, 0.717) is 23.3 Å². The molecule has 1 heterocycles. The molecule has 0 aliphatic heterocycles. The Morgan fingerprint density at radius 2 is 1.60 bits per heavy atom. The van der Waals surface area contributed by atoms with Crippen LogP contribution < -0.4 is 10.4 Å². The second-order valence-electron chi connectivity index (χ2n) is 7.97. The Hall–Kier alpha value is -2.88. The second-order valence-corrected chi connectivity index (χ2v) is 7.97. The van der Waals surface area contributed by atoms with Crippen LogP contribution in [0.15, 0.2) is 68.4 Å². The summed E-state index contributed by atoms with van der Waals surface area (Å²) in [4.78, 5) is 23.3. The van der Waals surface area contributed by atoms with Crippen LogP contribution in [0.25, 0.3) is 11.0 Å². The standard InChI is InChI=1S/C26H32O4/c1-18(2)8-6-9-19(3)10-7-11-20(4)14-15-29-23-13-12-22-16-24(21(5)27)26(28)30-25(22)17-23/h8,10,12-14,16-17H,6-7,9,11,15H2,1-5H3/b19-10+,20-14+. The highest BCUT2D eigenvalue weighted by Crippen LogP contribution is 2.21. The van der Waals surface area contributed by atoms with Gasteiger partial charge in [0.25, 0.3) is 0 Å². The average molecular weight is 409 g/mol. The van der Waals surface area contributed by atoms with E-state index in [9.17, 15) is 9.59 Å². The van der Waals surface area contributed by atoms with Crippen molar-refractivity contribution in [2.75, 3.05) is 6.61 Å². The first kappa shape index (κ1) is 23.4. The molecule has 160 valence electrons. The van der Waals surface area contributed by atoms with Gasteiger partial charge < -0.3 is 9.15 Å². The Labute approximate surface area is 178 Å². The fraction of sp³-hybridized carbons (Fsp3) is 0.385. The number of Topliss-reactive ketones (excluding diaryl/α,β-unsaturated/α-hetero) is 1. The third-order valence-corrected chi connectivity index (χ3v) is 4.89. The molecule has 4 heteroatoms. The quantitative estimate of drug-likeness (QED) is 0.247. The van der Waals surface area contributed by atoms with E-state index in [1.165, 1.54) is 23.6 Å². The van der Waals surface area contributed by atoms with Gasteiger partial charge in [-0.2, -0.15) is 0 Å². The fourth-order valence-electron chi connectivity index (χ4n) is 3.05. The van der Waals surface area contributed by atoms with Crippen LogP contribution in [0.2, 0.25) is 0 Å². The minimum atomic E-state index is -0.618. The summed E-state index contributed by atoms with van der Waals surface area (Å²) in [7, 11) is 0. The number of carbonyl (C=O) groups excluding carboxylic acids is 1. The molecule has 0 atom stereocenters.